The summed E-state index contributed by atoms with van der Waals surface area (Å²) in [5, 5.41) is 11.0. The lowest BCUT2D eigenvalue weighted by Crippen LogP contribution is -2.39. The van der Waals surface area contributed by atoms with Gasteiger partial charge in [-0.25, -0.2) is 0 Å². The second-order valence-corrected chi connectivity index (χ2v) is 12.6. The van der Waals surface area contributed by atoms with E-state index in [1.165, 1.54) is 6.08 Å². The summed E-state index contributed by atoms with van der Waals surface area (Å²) in [4.78, 5) is 13.3. The Morgan fingerprint density at radius 1 is 1.00 bits per heavy atom. The van der Waals surface area contributed by atoms with E-state index in [0.717, 1.165) is 11.1 Å². The summed E-state index contributed by atoms with van der Waals surface area (Å²) in [5.41, 5.74) is 0.875. The molecule has 1 unspecified atom stereocenters. The first-order chi connectivity index (χ1) is 14.6. The monoisotopic (exact) mass is 466 g/mol. The summed E-state index contributed by atoms with van der Waals surface area (Å²) >= 11 is 0. The quantitative estimate of drug-likeness (QED) is 0.287. The number of hydrogen-bond acceptors (Lipinski definition) is 5. The van der Waals surface area contributed by atoms with Crippen molar-refractivity contribution in [3.63, 3.8) is 0 Å². The van der Waals surface area contributed by atoms with Crippen LogP contribution in [0.3, 0.4) is 0 Å². The standard InChI is InChI=1S/C26H43O5P/c1-11-26(12-2,31-32(29,14-4)30-13-3)22(27)16-15-19-17-20(24(5,6)7)18-21(23(19)28)25(8,9)10/h15-18,28H,11-14H2,1-10H3. The molecule has 6 heteroatoms. The number of hydrogen-bond donors (Lipinski definition) is 1. The molecule has 0 fully saturated rings. The van der Waals surface area contributed by atoms with Gasteiger partial charge in [0.25, 0.3) is 0 Å². The zero-order chi connectivity index (χ0) is 25.0. The largest absolute Gasteiger partial charge is 0.507 e. The van der Waals surface area contributed by atoms with Crippen LogP contribution in [0.15, 0.2) is 18.2 Å². The van der Waals surface area contributed by atoms with Gasteiger partial charge in [0.2, 0.25) is 0 Å². The molecule has 1 atom stereocenters. The molecule has 0 saturated heterocycles. The number of benzene rings is 1. The minimum absolute atomic E-state index is 0.120. The van der Waals surface area contributed by atoms with E-state index in [1.807, 2.05) is 26.0 Å². The van der Waals surface area contributed by atoms with Crippen molar-refractivity contribution >= 4 is 19.5 Å². The molecular formula is C26H43O5P. The fraction of sp³-hybridized carbons (Fsp3) is 0.654. The Bertz CT molecular complexity index is 867. The lowest BCUT2D eigenvalue weighted by Gasteiger charge is -2.32. The van der Waals surface area contributed by atoms with Crippen molar-refractivity contribution in [2.24, 2.45) is 0 Å². The Kier molecular flexibility index (Phi) is 9.54. The average Bonchev–Trinajstić information content (AvgIpc) is 2.69. The van der Waals surface area contributed by atoms with Gasteiger partial charge in [0.15, 0.2) is 5.78 Å². The molecule has 0 bridgehead atoms. The fourth-order valence-electron chi connectivity index (χ4n) is 3.52. The van der Waals surface area contributed by atoms with Crippen LogP contribution in [0.1, 0.15) is 98.8 Å². The number of phenolic OH excluding ortho intramolecular Hbond substituents is 1. The molecule has 0 heterocycles. The summed E-state index contributed by atoms with van der Waals surface area (Å²) in [6, 6.07) is 3.96. The highest BCUT2D eigenvalue weighted by Gasteiger charge is 2.41. The Balaban J connectivity index is 3.49. The molecule has 1 aromatic carbocycles. The molecule has 0 spiro atoms. The molecule has 32 heavy (non-hydrogen) atoms. The summed E-state index contributed by atoms with van der Waals surface area (Å²) in [6.45, 7) is 19.9. The first-order valence-corrected chi connectivity index (χ1v) is 13.4. The van der Waals surface area contributed by atoms with Crippen LogP contribution < -0.4 is 0 Å². The minimum Gasteiger partial charge on any atom is -0.507 e. The molecule has 1 N–H and O–H groups in total. The summed E-state index contributed by atoms with van der Waals surface area (Å²) in [7, 11) is -3.38. The second-order valence-electron chi connectivity index (χ2n) is 10.3. The first-order valence-electron chi connectivity index (χ1n) is 11.6. The van der Waals surface area contributed by atoms with Crippen molar-refractivity contribution in [3.8, 4) is 5.75 Å². The Labute approximate surface area is 195 Å². The highest BCUT2D eigenvalue weighted by molar-refractivity contribution is 7.53. The van der Waals surface area contributed by atoms with Gasteiger partial charge in [0.1, 0.15) is 11.4 Å². The third-order valence-electron chi connectivity index (χ3n) is 5.85. The summed E-state index contributed by atoms with van der Waals surface area (Å²) in [5.74, 6) is -0.114. The Morgan fingerprint density at radius 2 is 1.56 bits per heavy atom. The molecule has 0 aliphatic carbocycles. The fourth-order valence-corrected chi connectivity index (χ4v) is 5.16. The lowest BCUT2D eigenvalue weighted by molar-refractivity contribution is -0.130. The first kappa shape index (κ1) is 28.6. The van der Waals surface area contributed by atoms with Crippen molar-refractivity contribution in [3.05, 3.63) is 34.9 Å². The van der Waals surface area contributed by atoms with Crippen LogP contribution >= 0.6 is 7.60 Å². The average molecular weight is 467 g/mol. The van der Waals surface area contributed by atoms with Gasteiger partial charge in [0.05, 0.1) is 6.61 Å². The predicted molar refractivity (Wildman–Crippen MR) is 134 cm³/mol. The molecule has 0 radical (unpaired) electrons. The molecule has 0 aromatic heterocycles. The third kappa shape index (κ3) is 6.79. The van der Waals surface area contributed by atoms with E-state index < -0.39 is 13.2 Å². The normalized spacial score (nSPS) is 15.2. The number of carbonyl (C=O) groups excluding carboxylic acids is 1. The van der Waals surface area contributed by atoms with Crippen molar-refractivity contribution in [1.29, 1.82) is 0 Å². The number of carbonyl (C=O) groups is 1. The van der Waals surface area contributed by atoms with Gasteiger partial charge in [-0.3, -0.25) is 13.9 Å². The Morgan fingerprint density at radius 3 is 1.97 bits per heavy atom. The highest BCUT2D eigenvalue weighted by atomic mass is 31.2. The SMILES string of the molecule is CCOP(=O)(CC)OC(CC)(CC)C(=O)C=Cc1cc(C(C)(C)C)cc(C(C)(C)C)c1O. The molecule has 0 saturated carbocycles. The van der Waals surface area contributed by atoms with Crippen molar-refractivity contribution < 1.29 is 23.5 Å². The zero-order valence-electron chi connectivity index (χ0n) is 21.7. The number of rotatable bonds is 10. The molecule has 1 aromatic rings. The number of aromatic hydroxyl groups is 1. The summed E-state index contributed by atoms with van der Waals surface area (Å²) in [6.07, 6.45) is 4.01. The van der Waals surface area contributed by atoms with Crippen LogP contribution in [0.25, 0.3) is 6.08 Å². The lowest BCUT2D eigenvalue weighted by atomic mass is 9.79. The van der Waals surface area contributed by atoms with Gasteiger partial charge in [0, 0.05) is 17.3 Å². The molecule has 5 nitrogen and oxygen atoms in total. The van der Waals surface area contributed by atoms with Gasteiger partial charge in [-0.1, -0.05) is 68.4 Å². The second kappa shape index (κ2) is 10.7. The van der Waals surface area contributed by atoms with Crippen LogP contribution in [-0.4, -0.2) is 29.3 Å². The van der Waals surface area contributed by atoms with Crippen molar-refractivity contribution in [1.82, 2.24) is 0 Å². The van der Waals surface area contributed by atoms with Crippen LogP contribution in [0, 0.1) is 0 Å². The maximum Gasteiger partial charge on any atom is 0.331 e. The van der Waals surface area contributed by atoms with Gasteiger partial charge in [-0.05, 0) is 54.4 Å². The maximum absolute atomic E-state index is 13.3. The van der Waals surface area contributed by atoms with Crippen LogP contribution in [0.5, 0.6) is 5.75 Å². The van der Waals surface area contributed by atoms with Gasteiger partial charge < -0.3 is 9.63 Å². The Hall–Kier alpha value is -1.42. The van der Waals surface area contributed by atoms with E-state index in [2.05, 4.69) is 41.5 Å². The molecule has 1 rings (SSSR count). The van der Waals surface area contributed by atoms with E-state index in [0.29, 0.717) is 18.4 Å². The smallest absolute Gasteiger partial charge is 0.331 e. The van der Waals surface area contributed by atoms with E-state index in [9.17, 15) is 14.5 Å². The third-order valence-corrected chi connectivity index (χ3v) is 7.90. The van der Waals surface area contributed by atoms with Gasteiger partial charge in [-0.2, -0.15) is 0 Å². The van der Waals surface area contributed by atoms with E-state index in [4.69, 9.17) is 9.05 Å². The maximum atomic E-state index is 13.3. The predicted octanol–water partition coefficient (Wildman–Crippen LogP) is 7.39. The molecular weight excluding hydrogens is 423 g/mol. The van der Waals surface area contributed by atoms with E-state index in [1.54, 1.807) is 19.9 Å². The molecule has 0 amide bonds. The van der Waals surface area contributed by atoms with E-state index >= 15 is 0 Å². The van der Waals surface area contributed by atoms with Gasteiger partial charge in [-0.15, -0.1) is 0 Å². The molecule has 0 aliphatic heterocycles. The summed E-state index contributed by atoms with van der Waals surface area (Å²) < 4.78 is 24.3. The number of phenols is 1. The van der Waals surface area contributed by atoms with Crippen LogP contribution in [-0.2, 0) is 29.2 Å². The minimum atomic E-state index is -3.38. The van der Waals surface area contributed by atoms with E-state index in [-0.39, 0.29) is 35.1 Å². The van der Waals surface area contributed by atoms with Gasteiger partial charge >= 0.3 is 7.60 Å². The molecule has 182 valence electrons. The van der Waals surface area contributed by atoms with Crippen LogP contribution in [0.4, 0.5) is 0 Å². The van der Waals surface area contributed by atoms with Crippen LogP contribution in [0.2, 0.25) is 0 Å². The number of ketones is 1. The van der Waals surface area contributed by atoms with Crippen molar-refractivity contribution in [2.75, 3.05) is 12.8 Å². The highest BCUT2D eigenvalue weighted by Crippen LogP contribution is 2.53. The topological polar surface area (TPSA) is 72.8 Å². The van der Waals surface area contributed by atoms with Crippen molar-refractivity contribution in [2.45, 2.75) is 98.5 Å². The molecule has 0 aliphatic rings. The zero-order valence-corrected chi connectivity index (χ0v) is 22.6.